The van der Waals surface area contributed by atoms with Crippen molar-refractivity contribution in [3.05, 3.63) is 85.1 Å². The van der Waals surface area contributed by atoms with Gasteiger partial charge in [0.25, 0.3) is 0 Å². The lowest BCUT2D eigenvalue weighted by Crippen LogP contribution is -1.88. The molecule has 34 heavy (non-hydrogen) atoms. The smallest absolute Gasteiger partial charge is 0.181 e. The normalized spacial score (nSPS) is 11.4. The number of fused-ring (bicyclic) bond motifs is 2. The average Bonchev–Trinajstić information content (AvgIpc) is 3.48. The minimum Gasteiger partial charge on any atom is -0.353 e. The van der Waals surface area contributed by atoms with Gasteiger partial charge >= 0.3 is 0 Å². The molecule has 0 saturated heterocycles. The van der Waals surface area contributed by atoms with E-state index in [1.165, 1.54) is 24.1 Å². The molecule has 166 valence electrons. The van der Waals surface area contributed by atoms with Crippen molar-refractivity contribution in [1.82, 2.24) is 25.1 Å². The Labute approximate surface area is 198 Å². The number of nitrogens with zero attached hydrogens (tertiary/aromatic N) is 3. The highest BCUT2D eigenvalue weighted by Crippen LogP contribution is 2.35. The molecule has 0 saturated carbocycles. The van der Waals surface area contributed by atoms with Crippen molar-refractivity contribution in [3.8, 4) is 33.6 Å². The molecule has 0 bridgehead atoms. The number of nitrogens with one attached hydrogen (secondary N) is 3. The van der Waals surface area contributed by atoms with Crippen LogP contribution in [0.3, 0.4) is 0 Å². The van der Waals surface area contributed by atoms with Gasteiger partial charge in [0.2, 0.25) is 0 Å². The van der Waals surface area contributed by atoms with E-state index in [0.29, 0.717) is 5.65 Å². The second kappa shape index (κ2) is 8.31. The molecule has 4 heterocycles. The molecule has 2 aromatic carbocycles. The molecular weight excluding hydrogens is 447 g/mol. The third-order valence-electron chi connectivity index (χ3n) is 5.79. The van der Waals surface area contributed by atoms with Gasteiger partial charge in [0.15, 0.2) is 5.65 Å². The maximum Gasteiger partial charge on any atom is 0.181 e. The van der Waals surface area contributed by atoms with E-state index in [0.717, 1.165) is 55.6 Å². The fourth-order valence-electron chi connectivity index (χ4n) is 4.21. The monoisotopic (exact) mass is 466 g/mol. The number of rotatable bonds is 5. The maximum atomic E-state index is 13.4. The van der Waals surface area contributed by atoms with E-state index in [9.17, 15) is 4.39 Å². The molecule has 0 radical (unpaired) electrons. The summed E-state index contributed by atoms with van der Waals surface area (Å²) >= 11 is 1.52. The number of benzene rings is 2. The first-order valence-electron chi connectivity index (χ1n) is 10.7. The summed E-state index contributed by atoms with van der Waals surface area (Å²) in [6.45, 7) is 0. The largest absolute Gasteiger partial charge is 0.353 e. The van der Waals surface area contributed by atoms with Crippen LogP contribution in [0, 0.1) is 5.82 Å². The van der Waals surface area contributed by atoms with Crippen LogP contribution >= 0.6 is 11.9 Å². The number of hydrogen-bond acceptors (Lipinski definition) is 5. The SMILES string of the molecule is CSNc1cncc(-c2cnc3n[nH]c(-c4cc5c(-c6ccc(F)cc6)cccc5[nH]4)c3c2)c1. The molecule has 3 N–H and O–H groups in total. The van der Waals surface area contributed by atoms with E-state index in [-0.39, 0.29) is 5.82 Å². The minimum atomic E-state index is -0.247. The Bertz CT molecular complexity index is 1640. The molecule has 4 aromatic heterocycles. The number of hydrogen-bond donors (Lipinski definition) is 3. The van der Waals surface area contributed by atoms with E-state index >= 15 is 0 Å². The lowest BCUT2D eigenvalue weighted by Gasteiger charge is -2.05. The highest BCUT2D eigenvalue weighted by Gasteiger charge is 2.15. The van der Waals surface area contributed by atoms with Crippen LogP contribution in [0.4, 0.5) is 10.1 Å². The molecule has 6 aromatic rings. The maximum absolute atomic E-state index is 13.4. The highest BCUT2D eigenvalue weighted by molar-refractivity contribution is 7.99. The van der Waals surface area contributed by atoms with Crippen LogP contribution in [0.1, 0.15) is 0 Å². The molecule has 0 unspecified atom stereocenters. The minimum absolute atomic E-state index is 0.247. The molecule has 8 heteroatoms. The first kappa shape index (κ1) is 20.4. The van der Waals surface area contributed by atoms with E-state index in [4.69, 9.17) is 0 Å². The van der Waals surface area contributed by atoms with Crippen molar-refractivity contribution in [2.45, 2.75) is 0 Å². The summed E-state index contributed by atoms with van der Waals surface area (Å²) in [5, 5.41) is 9.52. The van der Waals surface area contributed by atoms with Crippen LogP contribution in [0.5, 0.6) is 0 Å². The molecule has 0 aliphatic carbocycles. The number of halogens is 1. The quantitative estimate of drug-likeness (QED) is 0.247. The van der Waals surface area contributed by atoms with Gasteiger partial charge < -0.3 is 9.71 Å². The summed E-state index contributed by atoms with van der Waals surface area (Å²) in [5.41, 5.74) is 8.24. The van der Waals surface area contributed by atoms with Crippen LogP contribution in [-0.4, -0.2) is 31.4 Å². The van der Waals surface area contributed by atoms with Gasteiger partial charge in [-0.3, -0.25) is 10.1 Å². The van der Waals surface area contributed by atoms with Gasteiger partial charge in [-0.15, -0.1) is 0 Å². The molecule has 0 atom stereocenters. The van der Waals surface area contributed by atoms with Gasteiger partial charge in [-0.2, -0.15) is 5.10 Å². The van der Waals surface area contributed by atoms with Crippen LogP contribution in [0.15, 0.2) is 79.3 Å². The second-order valence-electron chi connectivity index (χ2n) is 7.92. The molecule has 0 spiro atoms. The number of aromatic nitrogens is 5. The van der Waals surface area contributed by atoms with Gasteiger partial charge in [0.1, 0.15) is 5.82 Å². The van der Waals surface area contributed by atoms with E-state index in [1.807, 2.05) is 42.9 Å². The first-order chi connectivity index (χ1) is 16.7. The Kier molecular flexibility index (Phi) is 5.00. The van der Waals surface area contributed by atoms with Crippen molar-refractivity contribution in [2.75, 3.05) is 11.0 Å². The summed E-state index contributed by atoms with van der Waals surface area (Å²) in [5.74, 6) is -0.247. The van der Waals surface area contributed by atoms with Gasteiger partial charge in [-0.05, 0) is 47.5 Å². The van der Waals surface area contributed by atoms with Crippen LogP contribution in [-0.2, 0) is 0 Å². The topological polar surface area (TPSA) is 82.3 Å². The number of aromatic amines is 2. The van der Waals surface area contributed by atoms with Crippen molar-refractivity contribution < 1.29 is 4.39 Å². The average molecular weight is 467 g/mol. The standard InChI is InChI=1S/C26H19FN6S/c1-34-33-19-9-16(12-28-14-19)17-10-22-25(31-32-26(22)29-13-17)24-11-21-20(3-2-4-23(21)30-24)15-5-7-18(27)8-6-15/h2-14,30,33H,1H3,(H,29,31,32). The van der Waals surface area contributed by atoms with Crippen molar-refractivity contribution in [1.29, 1.82) is 0 Å². The Morgan fingerprint density at radius 1 is 0.882 bits per heavy atom. The second-order valence-corrected chi connectivity index (χ2v) is 8.53. The van der Waals surface area contributed by atoms with Crippen LogP contribution in [0.25, 0.3) is 55.6 Å². The predicted molar refractivity (Wildman–Crippen MR) is 137 cm³/mol. The molecule has 6 rings (SSSR count). The fourth-order valence-corrected chi connectivity index (χ4v) is 4.55. The van der Waals surface area contributed by atoms with Crippen LogP contribution in [0.2, 0.25) is 0 Å². The summed E-state index contributed by atoms with van der Waals surface area (Å²) in [6.07, 6.45) is 7.40. The lowest BCUT2D eigenvalue weighted by molar-refractivity contribution is 0.628. The molecule has 0 fully saturated rings. The highest BCUT2D eigenvalue weighted by atomic mass is 32.2. The van der Waals surface area contributed by atoms with Gasteiger partial charge in [0, 0.05) is 46.1 Å². The molecular formula is C26H19FN6S. The first-order valence-corrected chi connectivity index (χ1v) is 11.9. The van der Waals surface area contributed by atoms with Crippen molar-refractivity contribution in [2.24, 2.45) is 0 Å². The third-order valence-corrected chi connectivity index (χ3v) is 6.23. The van der Waals surface area contributed by atoms with Crippen molar-refractivity contribution >= 4 is 39.6 Å². The zero-order valence-electron chi connectivity index (χ0n) is 18.1. The van der Waals surface area contributed by atoms with Crippen LogP contribution < -0.4 is 4.72 Å². The third kappa shape index (κ3) is 3.58. The summed E-state index contributed by atoms with van der Waals surface area (Å²) < 4.78 is 16.7. The van der Waals surface area contributed by atoms with E-state index in [1.54, 1.807) is 18.3 Å². The Balaban J connectivity index is 1.46. The van der Waals surface area contributed by atoms with Gasteiger partial charge in [-0.25, -0.2) is 9.37 Å². The number of H-pyrrole nitrogens is 2. The molecule has 6 nitrogen and oxygen atoms in total. The summed E-state index contributed by atoms with van der Waals surface area (Å²) in [7, 11) is 0. The summed E-state index contributed by atoms with van der Waals surface area (Å²) in [4.78, 5) is 12.4. The lowest BCUT2D eigenvalue weighted by atomic mass is 10.0. The zero-order chi connectivity index (χ0) is 23.1. The Morgan fingerprint density at radius 2 is 1.74 bits per heavy atom. The van der Waals surface area contributed by atoms with E-state index in [2.05, 4.69) is 42.0 Å². The van der Waals surface area contributed by atoms with Gasteiger partial charge in [0.05, 0.1) is 23.3 Å². The number of anilines is 1. The Morgan fingerprint density at radius 3 is 2.59 bits per heavy atom. The van der Waals surface area contributed by atoms with Gasteiger partial charge in [-0.1, -0.05) is 36.2 Å². The summed E-state index contributed by atoms with van der Waals surface area (Å²) in [6, 6.07) is 18.8. The molecule has 0 aliphatic rings. The number of pyridine rings is 2. The van der Waals surface area contributed by atoms with Crippen molar-refractivity contribution in [3.63, 3.8) is 0 Å². The zero-order valence-corrected chi connectivity index (χ0v) is 18.9. The van der Waals surface area contributed by atoms with E-state index < -0.39 is 0 Å². The molecule has 0 aliphatic heterocycles. The Hall–Kier alpha value is -4.17. The molecule has 0 amide bonds. The fraction of sp³-hybridized carbons (Fsp3) is 0.0385. The predicted octanol–water partition coefficient (Wildman–Crippen LogP) is 6.66.